The molecule has 1 saturated carbocycles. The van der Waals surface area contributed by atoms with Crippen molar-refractivity contribution in [2.75, 3.05) is 6.61 Å². The number of ether oxygens (including phenoxy) is 1. The maximum Gasteiger partial charge on any atom is 0.534 e. The third-order valence-electron chi connectivity index (χ3n) is 6.16. The molecule has 7 nitrogen and oxygen atoms in total. The molecule has 0 bridgehead atoms. The number of hydrogen-bond donors (Lipinski definition) is 0. The predicted octanol–water partition coefficient (Wildman–Crippen LogP) is 5.65. The molecule has 0 radical (unpaired) electrons. The first-order chi connectivity index (χ1) is 16.4. The van der Waals surface area contributed by atoms with Gasteiger partial charge in [-0.05, 0) is 69.4 Å². The quantitative estimate of drug-likeness (QED) is 0.195. The minimum Gasteiger partial charge on any atom is -0.462 e. The lowest BCUT2D eigenvalue weighted by atomic mass is 9.89. The third kappa shape index (κ3) is 5.88. The van der Waals surface area contributed by atoms with Crippen molar-refractivity contribution < 1.29 is 40.1 Å². The number of ketones is 1. The van der Waals surface area contributed by atoms with Crippen molar-refractivity contribution in [3.05, 3.63) is 41.1 Å². The Morgan fingerprint density at radius 3 is 2.31 bits per heavy atom. The largest absolute Gasteiger partial charge is 0.534 e. The number of nitrogens with zero attached hydrogens (tertiary/aromatic N) is 1. The molecule has 1 aliphatic rings. The average Bonchev–Trinajstić information content (AvgIpc) is 3.10. The highest BCUT2D eigenvalue weighted by molar-refractivity contribution is 7.88. The van der Waals surface area contributed by atoms with Gasteiger partial charge in [0.2, 0.25) is 0 Å². The Labute approximate surface area is 202 Å². The monoisotopic (exact) mass is 515 g/mol. The van der Waals surface area contributed by atoms with Crippen LogP contribution in [0.15, 0.2) is 24.3 Å². The van der Waals surface area contributed by atoms with Crippen LogP contribution in [0.5, 0.6) is 5.75 Å². The van der Waals surface area contributed by atoms with E-state index >= 15 is 0 Å². The number of rotatable bonds is 8. The second-order valence-corrected chi connectivity index (χ2v) is 10.2. The Morgan fingerprint density at radius 1 is 1.09 bits per heavy atom. The normalized spacial score (nSPS) is 15.1. The minimum absolute atomic E-state index is 0.190. The van der Waals surface area contributed by atoms with Crippen molar-refractivity contribution in [3.8, 4) is 17.0 Å². The lowest BCUT2D eigenvalue weighted by Crippen LogP contribution is -2.28. The second kappa shape index (κ2) is 10.4. The molecule has 3 rings (SSSR count). The minimum atomic E-state index is -5.95. The van der Waals surface area contributed by atoms with Crippen LogP contribution in [0, 0.1) is 12.8 Å². The number of Topliss-reactive ketones (excluding diaryl/α,β-unsaturated/α-hetero) is 1. The maximum atomic E-state index is 12.8. The van der Waals surface area contributed by atoms with E-state index in [-0.39, 0.29) is 12.2 Å². The molecule has 0 saturated heterocycles. The highest BCUT2D eigenvalue weighted by atomic mass is 32.2. The Hall–Kier alpha value is -2.82. The summed E-state index contributed by atoms with van der Waals surface area (Å²) in [5.41, 5.74) is -3.93. The van der Waals surface area contributed by atoms with Gasteiger partial charge in [-0.15, -0.1) is 0 Å². The Balaban J connectivity index is 2.10. The summed E-state index contributed by atoms with van der Waals surface area (Å²) in [6, 6.07) is 5.30. The first kappa shape index (κ1) is 26.8. The van der Waals surface area contributed by atoms with Crippen LogP contribution in [0.2, 0.25) is 0 Å². The number of halogens is 3. The number of esters is 1. The van der Waals surface area contributed by atoms with Crippen molar-refractivity contribution in [2.24, 2.45) is 5.92 Å². The summed E-state index contributed by atoms with van der Waals surface area (Å²) in [7, 11) is -5.95. The summed E-state index contributed by atoms with van der Waals surface area (Å²) >= 11 is 0. The van der Waals surface area contributed by atoms with Crippen LogP contribution in [0.1, 0.15) is 72.4 Å². The molecule has 0 unspecified atom stereocenters. The number of hydrogen-bond acceptors (Lipinski definition) is 6. The first-order valence-electron chi connectivity index (χ1n) is 11.4. The molecule has 1 fully saturated rings. The average molecular weight is 516 g/mol. The van der Waals surface area contributed by atoms with E-state index < -0.39 is 33.1 Å². The van der Waals surface area contributed by atoms with E-state index in [9.17, 15) is 31.2 Å². The predicted molar refractivity (Wildman–Crippen MR) is 123 cm³/mol. The van der Waals surface area contributed by atoms with Gasteiger partial charge in [-0.2, -0.15) is 21.6 Å². The molecule has 0 atom stereocenters. The van der Waals surface area contributed by atoms with E-state index in [1.165, 1.54) is 18.6 Å². The molecule has 1 aromatic heterocycles. The number of benzene rings is 1. The van der Waals surface area contributed by atoms with Gasteiger partial charge in [0.25, 0.3) is 0 Å². The summed E-state index contributed by atoms with van der Waals surface area (Å²) < 4.78 is 72.8. The molecular formula is C24H28F3NO6S. The molecule has 1 aliphatic carbocycles. The fourth-order valence-corrected chi connectivity index (χ4v) is 4.84. The van der Waals surface area contributed by atoms with Crippen LogP contribution in [0.4, 0.5) is 13.2 Å². The zero-order valence-electron chi connectivity index (χ0n) is 19.8. The zero-order valence-corrected chi connectivity index (χ0v) is 20.6. The van der Waals surface area contributed by atoms with Crippen molar-refractivity contribution >= 4 is 21.9 Å². The fraction of sp³-hybridized carbons (Fsp3) is 0.500. The second-order valence-electron chi connectivity index (χ2n) is 8.61. The van der Waals surface area contributed by atoms with E-state index in [1.54, 1.807) is 19.9 Å². The molecule has 1 heterocycles. The summed E-state index contributed by atoms with van der Waals surface area (Å²) in [5, 5.41) is 0. The van der Waals surface area contributed by atoms with Crippen LogP contribution >= 0.6 is 0 Å². The van der Waals surface area contributed by atoms with E-state index in [4.69, 9.17) is 4.74 Å². The SMILES string of the molecule is CCOC(=O)c1cc(-c2ccc(OS(=O)(=O)C(F)(F)F)c(C(C)=O)c2)n(CC2CCCCC2)c1C. The number of carbonyl (C=O) groups is 2. The maximum absolute atomic E-state index is 12.8. The highest BCUT2D eigenvalue weighted by Gasteiger charge is 2.49. The molecule has 0 amide bonds. The van der Waals surface area contributed by atoms with Crippen molar-refractivity contribution in [3.63, 3.8) is 0 Å². The number of carbonyl (C=O) groups excluding carboxylic acids is 2. The number of aromatic nitrogens is 1. The van der Waals surface area contributed by atoms with E-state index in [2.05, 4.69) is 4.18 Å². The van der Waals surface area contributed by atoms with Crippen LogP contribution in [0.25, 0.3) is 11.3 Å². The smallest absolute Gasteiger partial charge is 0.462 e. The molecule has 0 N–H and O–H groups in total. The van der Waals surface area contributed by atoms with E-state index in [1.807, 2.05) is 4.57 Å². The Bertz CT molecular complexity index is 1210. The van der Waals surface area contributed by atoms with Crippen molar-refractivity contribution in [1.29, 1.82) is 0 Å². The molecule has 2 aromatic rings. The summed E-state index contributed by atoms with van der Waals surface area (Å²) in [5.74, 6) is -1.51. The lowest BCUT2D eigenvalue weighted by Gasteiger charge is -2.24. The van der Waals surface area contributed by atoms with Gasteiger partial charge < -0.3 is 13.5 Å². The van der Waals surface area contributed by atoms with Gasteiger partial charge in [-0.3, -0.25) is 4.79 Å². The zero-order chi connectivity index (χ0) is 26.0. The highest BCUT2D eigenvalue weighted by Crippen LogP contribution is 2.35. The molecule has 35 heavy (non-hydrogen) atoms. The standard InChI is InChI=1S/C24H28F3NO6S/c1-4-33-23(30)19-13-21(28(15(19)2)14-17-8-6-5-7-9-17)18-10-11-22(20(12-18)16(3)29)34-35(31,32)24(25,26)27/h10-13,17H,4-9,14H2,1-3H3. The van der Waals surface area contributed by atoms with Gasteiger partial charge in [0, 0.05) is 17.9 Å². The molecule has 1 aromatic carbocycles. The van der Waals surface area contributed by atoms with Crippen molar-refractivity contribution in [1.82, 2.24) is 4.57 Å². The topological polar surface area (TPSA) is 91.7 Å². The van der Waals surface area contributed by atoms with Gasteiger partial charge >= 0.3 is 21.6 Å². The van der Waals surface area contributed by atoms with E-state index in [0.717, 1.165) is 38.7 Å². The molecule has 11 heteroatoms. The lowest BCUT2D eigenvalue weighted by molar-refractivity contribution is -0.0500. The van der Waals surface area contributed by atoms with Gasteiger partial charge in [0.1, 0.15) is 0 Å². The molecule has 192 valence electrons. The van der Waals surface area contributed by atoms with Crippen LogP contribution < -0.4 is 4.18 Å². The third-order valence-corrected chi connectivity index (χ3v) is 7.13. The van der Waals surface area contributed by atoms with Crippen molar-refractivity contribution in [2.45, 2.75) is 64.9 Å². The number of alkyl halides is 3. The van der Waals surface area contributed by atoms with Crippen LogP contribution in [0.3, 0.4) is 0 Å². The van der Waals surface area contributed by atoms with Crippen LogP contribution in [-0.2, 0) is 21.4 Å². The molecular weight excluding hydrogens is 487 g/mol. The van der Waals surface area contributed by atoms with Crippen LogP contribution in [-0.4, -0.2) is 36.9 Å². The summed E-state index contributed by atoms with van der Waals surface area (Å²) in [6.07, 6.45) is 5.46. The van der Waals surface area contributed by atoms with E-state index in [0.29, 0.717) is 35.0 Å². The van der Waals surface area contributed by atoms with Gasteiger partial charge in [-0.25, -0.2) is 4.79 Å². The van der Waals surface area contributed by atoms with Gasteiger partial charge in [0.15, 0.2) is 11.5 Å². The Kier molecular flexibility index (Phi) is 7.98. The summed E-state index contributed by atoms with van der Waals surface area (Å²) in [6.45, 7) is 5.40. The molecule has 0 spiro atoms. The van der Waals surface area contributed by atoms with Gasteiger partial charge in [-0.1, -0.05) is 19.3 Å². The fourth-order valence-electron chi connectivity index (χ4n) is 4.37. The first-order valence-corrected chi connectivity index (χ1v) is 12.8. The summed E-state index contributed by atoms with van der Waals surface area (Å²) in [4.78, 5) is 24.8. The Morgan fingerprint density at radius 2 is 1.74 bits per heavy atom. The van der Waals surface area contributed by atoms with Gasteiger partial charge in [0.05, 0.1) is 17.7 Å². The molecule has 0 aliphatic heterocycles.